The maximum atomic E-state index is 13.6. The van der Waals surface area contributed by atoms with E-state index in [9.17, 15) is 18.7 Å². The zero-order valence-corrected chi connectivity index (χ0v) is 9.69. The molecule has 0 bridgehead atoms. The van der Waals surface area contributed by atoms with Crippen molar-refractivity contribution in [3.63, 3.8) is 0 Å². The number of hydrogen-bond acceptors (Lipinski definition) is 2. The first-order chi connectivity index (χ1) is 7.56. The van der Waals surface area contributed by atoms with Crippen LogP contribution < -0.4 is 5.32 Å². The molecule has 0 saturated carbocycles. The Morgan fingerprint density at radius 3 is 2.65 bits per heavy atom. The number of rotatable bonds is 2. The maximum Gasteiger partial charge on any atom is 0.315 e. The number of aliphatic carboxylic acids is 1. The molecular weight excluding hydrogens is 252 g/mol. The number of benzene rings is 1. The first kappa shape index (κ1) is 13.9. The van der Waals surface area contributed by atoms with Gasteiger partial charge in [-0.15, -0.1) is 12.4 Å². The fourth-order valence-electron chi connectivity index (χ4n) is 2.08. The summed E-state index contributed by atoms with van der Waals surface area (Å²) in [7, 11) is 0. The van der Waals surface area contributed by atoms with Gasteiger partial charge in [-0.05, 0) is 31.2 Å². The van der Waals surface area contributed by atoms with Gasteiger partial charge in [0.2, 0.25) is 0 Å². The summed E-state index contributed by atoms with van der Waals surface area (Å²) in [6, 6.07) is 2.92. The lowest BCUT2D eigenvalue weighted by Gasteiger charge is -2.23. The highest BCUT2D eigenvalue weighted by atomic mass is 35.5. The van der Waals surface area contributed by atoms with Crippen LogP contribution in [0.25, 0.3) is 0 Å². The van der Waals surface area contributed by atoms with E-state index in [0.29, 0.717) is 6.54 Å². The van der Waals surface area contributed by atoms with Crippen molar-refractivity contribution in [2.45, 2.75) is 11.8 Å². The second kappa shape index (κ2) is 4.98. The Morgan fingerprint density at radius 2 is 2.12 bits per heavy atom. The summed E-state index contributed by atoms with van der Waals surface area (Å²) in [5, 5.41) is 12.1. The van der Waals surface area contributed by atoms with Crippen LogP contribution in [-0.2, 0) is 10.2 Å². The summed E-state index contributed by atoms with van der Waals surface area (Å²) < 4.78 is 26.6. The average molecular weight is 264 g/mol. The molecule has 94 valence electrons. The van der Waals surface area contributed by atoms with E-state index in [1.165, 1.54) is 0 Å². The summed E-state index contributed by atoms with van der Waals surface area (Å²) in [5.41, 5.74) is -1.42. The molecule has 0 aromatic heterocycles. The summed E-state index contributed by atoms with van der Waals surface area (Å²) >= 11 is 0. The van der Waals surface area contributed by atoms with E-state index in [-0.39, 0.29) is 30.9 Å². The highest BCUT2D eigenvalue weighted by Gasteiger charge is 2.45. The SMILES string of the molecule is Cl.O=C(O)C1(c2cc(F)ccc2F)CCNC1. The number of nitrogens with one attached hydrogen (secondary N) is 1. The van der Waals surface area contributed by atoms with Gasteiger partial charge in [0.1, 0.15) is 17.0 Å². The lowest BCUT2D eigenvalue weighted by molar-refractivity contribution is -0.143. The summed E-state index contributed by atoms with van der Waals surface area (Å²) in [6.07, 6.45) is 0.267. The van der Waals surface area contributed by atoms with Crippen LogP contribution in [0.1, 0.15) is 12.0 Å². The molecule has 17 heavy (non-hydrogen) atoms. The minimum Gasteiger partial charge on any atom is -0.481 e. The molecule has 1 aromatic rings. The van der Waals surface area contributed by atoms with Gasteiger partial charge in [0.05, 0.1) is 0 Å². The number of carbonyl (C=O) groups is 1. The molecule has 1 heterocycles. The van der Waals surface area contributed by atoms with Gasteiger partial charge in [-0.25, -0.2) is 8.78 Å². The van der Waals surface area contributed by atoms with E-state index in [0.717, 1.165) is 18.2 Å². The zero-order chi connectivity index (χ0) is 11.8. The smallest absolute Gasteiger partial charge is 0.315 e. The quantitative estimate of drug-likeness (QED) is 0.854. The molecule has 0 amide bonds. The third-order valence-electron chi connectivity index (χ3n) is 3.01. The molecule has 1 aliphatic heterocycles. The Bertz CT molecular complexity index is 433. The van der Waals surface area contributed by atoms with E-state index in [4.69, 9.17) is 0 Å². The standard InChI is InChI=1S/C11H11F2NO2.ClH/c12-7-1-2-9(13)8(5-7)11(10(15)16)3-4-14-6-11;/h1-2,5,14H,3-4,6H2,(H,15,16);1H. The van der Waals surface area contributed by atoms with Crippen LogP contribution in [-0.4, -0.2) is 24.2 Å². The third kappa shape index (κ3) is 2.25. The molecule has 0 spiro atoms. The monoisotopic (exact) mass is 263 g/mol. The van der Waals surface area contributed by atoms with Crippen molar-refractivity contribution in [3.8, 4) is 0 Å². The zero-order valence-electron chi connectivity index (χ0n) is 8.87. The molecule has 2 rings (SSSR count). The van der Waals surface area contributed by atoms with Crippen LogP contribution in [0.3, 0.4) is 0 Å². The van der Waals surface area contributed by atoms with Crippen LogP contribution in [0.2, 0.25) is 0 Å². The van der Waals surface area contributed by atoms with Gasteiger partial charge >= 0.3 is 5.97 Å². The van der Waals surface area contributed by atoms with Crippen molar-refractivity contribution in [3.05, 3.63) is 35.4 Å². The van der Waals surface area contributed by atoms with Gasteiger partial charge in [-0.3, -0.25) is 4.79 Å². The van der Waals surface area contributed by atoms with Crippen molar-refractivity contribution < 1.29 is 18.7 Å². The average Bonchev–Trinajstić information content (AvgIpc) is 2.71. The molecule has 0 aliphatic carbocycles. The molecule has 1 unspecified atom stereocenters. The van der Waals surface area contributed by atoms with Crippen molar-refractivity contribution in [2.24, 2.45) is 0 Å². The van der Waals surface area contributed by atoms with Crippen LogP contribution >= 0.6 is 12.4 Å². The first-order valence-electron chi connectivity index (χ1n) is 4.96. The van der Waals surface area contributed by atoms with Crippen LogP contribution in [0.4, 0.5) is 8.78 Å². The number of carboxylic acid groups (broad SMARTS) is 1. The van der Waals surface area contributed by atoms with E-state index in [1.54, 1.807) is 0 Å². The highest BCUT2D eigenvalue weighted by Crippen LogP contribution is 2.33. The number of carboxylic acids is 1. The van der Waals surface area contributed by atoms with E-state index in [2.05, 4.69) is 5.32 Å². The second-order valence-corrected chi connectivity index (χ2v) is 3.94. The summed E-state index contributed by atoms with van der Waals surface area (Å²) in [5.74, 6) is -2.42. The lowest BCUT2D eigenvalue weighted by Crippen LogP contribution is -2.38. The molecule has 1 atom stereocenters. The molecular formula is C11H12ClF2NO2. The van der Waals surface area contributed by atoms with Gasteiger partial charge in [0, 0.05) is 12.1 Å². The van der Waals surface area contributed by atoms with Gasteiger partial charge in [-0.2, -0.15) is 0 Å². The maximum absolute atomic E-state index is 13.6. The third-order valence-corrected chi connectivity index (χ3v) is 3.01. The Hall–Kier alpha value is -1.20. The highest BCUT2D eigenvalue weighted by molar-refractivity contribution is 5.85. The Balaban J connectivity index is 0.00000144. The van der Waals surface area contributed by atoms with Gasteiger partial charge in [-0.1, -0.05) is 0 Å². The summed E-state index contributed by atoms with van der Waals surface area (Å²) in [6.45, 7) is 0.616. The predicted octanol–water partition coefficient (Wildman–Crippen LogP) is 1.70. The molecule has 3 nitrogen and oxygen atoms in total. The van der Waals surface area contributed by atoms with Crippen LogP contribution in [0.5, 0.6) is 0 Å². The Labute approximate surface area is 103 Å². The molecule has 6 heteroatoms. The molecule has 1 saturated heterocycles. The fourth-order valence-corrected chi connectivity index (χ4v) is 2.08. The van der Waals surface area contributed by atoms with E-state index >= 15 is 0 Å². The largest absolute Gasteiger partial charge is 0.481 e. The van der Waals surface area contributed by atoms with E-state index < -0.39 is 23.0 Å². The van der Waals surface area contributed by atoms with Gasteiger partial charge in [0.15, 0.2) is 0 Å². The van der Waals surface area contributed by atoms with Crippen LogP contribution in [0, 0.1) is 11.6 Å². The molecule has 0 radical (unpaired) electrons. The minimum atomic E-state index is -1.34. The van der Waals surface area contributed by atoms with Crippen molar-refractivity contribution in [2.75, 3.05) is 13.1 Å². The van der Waals surface area contributed by atoms with E-state index in [1.807, 2.05) is 0 Å². The molecule has 2 N–H and O–H groups in total. The molecule has 1 aromatic carbocycles. The molecule has 1 aliphatic rings. The van der Waals surface area contributed by atoms with Gasteiger partial charge < -0.3 is 10.4 Å². The Kier molecular flexibility index (Phi) is 4.06. The van der Waals surface area contributed by atoms with Crippen molar-refractivity contribution in [1.29, 1.82) is 0 Å². The normalized spacial score (nSPS) is 23.2. The fraction of sp³-hybridized carbons (Fsp3) is 0.364. The first-order valence-corrected chi connectivity index (χ1v) is 4.96. The Morgan fingerprint density at radius 1 is 1.41 bits per heavy atom. The topological polar surface area (TPSA) is 49.3 Å². The van der Waals surface area contributed by atoms with Crippen LogP contribution in [0.15, 0.2) is 18.2 Å². The van der Waals surface area contributed by atoms with Crippen molar-refractivity contribution >= 4 is 18.4 Å². The molecule has 1 fully saturated rings. The lowest BCUT2D eigenvalue weighted by atomic mass is 9.79. The van der Waals surface area contributed by atoms with Crippen molar-refractivity contribution in [1.82, 2.24) is 5.32 Å². The van der Waals surface area contributed by atoms with Gasteiger partial charge in [0.25, 0.3) is 0 Å². The number of hydrogen-bond donors (Lipinski definition) is 2. The second-order valence-electron chi connectivity index (χ2n) is 3.94. The number of halogens is 3. The minimum absolute atomic E-state index is 0. The summed E-state index contributed by atoms with van der Waals surface area (Å²) in [4.78, 5) is 11.3. The predicted molar refractivity (Wildman–Crippen MR) is 60.4 cm³/mol.